The predicted octanol–water partition coefficient (Wildman–Crippen LogP) is 3.39. The van der Waals surface area contributed by atoms with Crippen molar-refractivity contribution in [3.63, 3.8) is 0 Å². The smallest absolute Gasteiger partial charge is 0.262 e. The van der Waals surface area contributed by atoms with Gasteiger partial charge in [-0.05, 0) is 31.0 Å². The molecule has 0 aliphatic heterocycles. The molecule has 0 spiro atoms. The number of rotatable bonds is 6. The first-order valence-electron chi connectivity index (χ1n) is 8.31. The van der Waals surface area contributed by atoms with Gasteiger partial charge in [0.15, 0.2) is 5.16 Å². The van der Waals surface area contributed by atoms with Gasteiger partial charge in [0.05, 0.1) is 16.7 Å². The Morgan fingerprint density at radius 2 is 2.20 bits per heavy atom. The Kier molecular flexibility index (Phi) is 5.81. The van der Waals surface area contributed by atoms with Crippen LogP contribution in [0.2, 0.25) is 5.02 Å². The third-order valence-electron chi connectivity index (χ3n) is 4.25. The van der Waals surface area contributed by atoms with Gasteiger partial charge in [0, 0.05) is 17.6 Å². The molecule has 2 aromatic rings. The van der Waals surface area contributed by atoms with E-state index in [1.54, 1.807) is 24.3 Å². The number of nitrogens with zero attached hydrogens (tertiary/aromatic N) is 2. The molecule has 1 heterocycles. The fraction of sp³-hybridized carbons (Fsp3) is 0.389. The van der Waals surface area contributed by atoms with Gasteiger partial charge < -0.3 is 5.32 Å². The van der Waals surface area contributed by atoms with Gasteiger partial charge in [0.2, 0.25) is 5.91 Å². The van der Waals surface area contributed by atoms with Crippen molar-refractivity contribution in [2.75, 3.05) is 5.75 Å². The normalized spacial score (nSPS) is 14.8. The van der Waals surface area contributed by atoms with Crippen molar-refractivity contribution in [2.24, 2.45) is 0 Å². The van der Waals surface area contributed by atoms with E-state index in [0.717, 1.165) is 12.8 Å². The summed E-state index contributed by atoms with van der Waals surface area (Å²) in [5.41, 5.74) is 0.402. The second kappa shape index (κ2) is 8.06. The van der Waals surface area contributed by atoms with Crippen LogP contribution in [-0.4, -0.2) is 27.3 Å². The summed E-state index contributed by atoms with van der Waals surface area (Å²) in [5.74, 6) is 0.214. The molecule has 1 fully saturated rings. The van der Waals surface area contributed by atoms with Crippen LogP contribution in [0.25, 0.3) is 10.9 Å². The van der Waals surface area contributed by atoms with Gasteiger partial charge in [0.25, 0.3) is 5.56 Å². The third kappa shape index (κ3) is 4.25. The Balaban J connectivity index is 1.82. The molecule has 0 unspecified atom stereocenters. The zero-order valence-corrected chi connectivity index (χ0v) is 15.4. The first kappa shape index (κ1) is 18.0. The topological polar surface area (TPSA) is 64.0 Å². The van der Waals surface area contributed by atoms with Crippen molar-refractivity contribution in [3.05, 3.63) is 46.2 Å². The third-order valence-corrected chi connectivity index (χ3v) is 5.46. The lowest BCUT2D eigenvalue weighted by molar-refractivity contribution is -0.119. The first-order valence-corrected chi connectivity index (χ1v) is 9.68. The van der Waals surface area contributed by atoms with Crippen molar-refractivity contribution >= 4 is 40.2 Å². The van der Waals surface area contributed by atoms with Crippen LogP contribution in [0.1, 0.15) is 25.7 Å². The number of benzene rings is 1. The van der Waals surface area contributed by atoms with Crippen molar-refractivity contribution in [1.82, 2.24) is 14.9 Å². The predicted molar refractivity (Wildman–Crippen MR) is 102 cm³/mol. The molecule has 25 heavy (non-hydrogen) atoms. The summed E-state index contributed by atoms with van der Waals surface area (Å²) in [6, 6.07) is 5.33. The summed E-state index contributed by atoms with van der Waals surface area (Å²) in [5, 5.41) is 4.52. The van der Waals surface area contributed by atoms with Crippen LogP contribution in [0.3, 0.4) is 0 Å². The number of fused-ring (bicyclic) bond motifs is 1. The summed E-state index contributed by atoms with van der Waals surface area (Å²) in [4.78, 5) is 29.4. The van der Waals surface area contributed by atoms with Gasteiger partial charge in [-0.2, -0.15) is 0 Å². The molecule has 0 radical (unpaired) electrons. The largest absolute Gasteiger partial charge is 0.353 e. The lowest BCUT2D eigenvalue weighted by atomic mass is 10.2. The highest BCUT2D eigenvalue weighted by molar-refractivity contribution is 7.99. The van der Waals surface area contributed by atoms with Crippen LogP contribution in [0.4, 0.5) is 0 Å². The Morgan fingerprint density at radius 3 is 2.92 bits per heavy atom. The van der Waals surface area contributed by atoms with Gasteiger partial charge in [-0.25, -0.2) is 4.98 Å². The molecule has 0 saturated heterocycles. The second-order valence-electron chi connectivity index (χ2n) is 6.10. The van der Waals surface area contributed by atoms with E-state index in [9.17, 15) is 9.59 Å². The van der Waals surface area contributed by atoms with E-state index in [1.165, 1.54) is 29.2 Å². The van der Waals surface area contributed by atoms with Crippen LogP contribution in [-0.2, 0) is 11.3 Å². The molecule has 0 atom stereocenters. The number of halogens is 1. The Bertz CT molecular complexity index is 859. The summed E-state index contributed by atoms with van der Waals surface area (Å²) in [7, 11) is 0. The number of carbonyl (C=O) groups is 1. The Morgan fingerprint density at radius 1 is 1.44 bits per heavy atom. The molecule has 3 rings (SSSR count). The minimum absolute atomic E-state index is 0.0208. The molecule has 1 saturated carbocycles. The van der Waals surface area contributed by atoms with Gasteiger partial charge in [-0.1, -0.05) is 42.3 Å². The zero-order chi connectivity index (χ0) is 17.8. The Hall–Kier alpha value is -1.79. The monoisotopic (exact) mass is 377 g/mol. The number of hydrogen-bond acceptors (Lipinski definition) is 4. The minimum Gasteiger partial charge on any atom is -0.353 e. The summed E-state index contributed by atoms with van der Waals surface area (Å²) < 4.78 is 1.53. The van der Waals surface area contributed by atoms with E-state index in [-0.39, 0.29) is 23.3 Å². The van der Waals surface area contributed by atoms with Crippen LogP contribution >= 0.6 is 23.4 Å². The standard InChI is InChI=1S/C18H20ClN3O2S/c1-2-9-22-17(24)14-10-12(19)7-8-15(14)21-18(22)25-11-16(23)20-13-5-3-4-6-13/h2,7-8,10,13H,1,3-6,9,11H2,(H,20,23). The maximum atomic E-state index is 12.7. The van der Waals surface area contributed by atoms with E-state index < -0.39 is 0 Å². The van der Waals surface area contributed by atoms with Crippen LogP contribution in [0.15, 0.2) is 40.8 Å². The molecule has 1 aliphatic rings. The van der Waals surface area contributed by atoms with Crippen molar-refractivity contribution in [2.45, 2.75) is 43.4 Å². The number of aromatic nitrogens is 2. The number of thioether (sulfide) groups is 1. The molecule has 132 valence electrons. The highest BCUT2D eigenvalue weighted by atomic mass is 35.5. The lowest BCUT2D eigenvalue weighted by Crippen LogP contribution is -2.34. The quantitative estimate of drug-likeness (QED) is 0.476. The van der Waals surface area contributed by atoms with Gasteiger partial charge in [0.1, 0.15) is 0 Å². The maximum absolute atomic E-state index is 12.7. The first-order chi connectivity index (χ1) is 12.1. The van der Waals surface area contributed by atoms with E-state index in [0.29, 0.717) is 27.6 Å². The molecule has 1 N–H and O–H groups in total. The van der Waals surface area contributed by atoms with Crippen molar-refractivity contribution < 1.29 is 4.79 Å². The maximum Gasteiger partial charge on any atom is 0.262 e. The van der Waals surface area contributed by atoms with Gasteiger partial charge in [-0.3, -0.25) is 14.2 Å². The van der Waals surface area contributed by atoms with Crippen LogP contribution in [0, 0.1) is 0 Å². The number of carbonyl (C=O) groups excluding carboxylic acids is 1. The average Bonchev–Trinajstić information content (AvgIpc) is 3.09. The Labute approximate surface area is 155 Å². The minimum atomic E-state index is -0.175. The zero-order valence-electron chi connectivity index (χ0n) is 13.8. The summed E-state index contributed by atoms with van der Waals surface area (Å²) in [6.07, 6.45) is 6.08. The summed E-state index contributed by atoms with van der Waals surface area (Å²) >= 11 is 7.26. The van der Waals surface area contributed by atoms with E-state index in [2.05, 4.69) is 16.9 Å². The highest BCUT2D eigenvalue weighted by Crippen LogP contribution is 2.21. The van der Waals surface area contributed by atoms with Crippen molar-refractivity contribution in [1.29, 1.82) is 0 Å². The van der Waals surface area contributed by atoms with E-state index >= 15 is 0 Å². The molecule has 7 heteroatoms. The fourth-order valence-corrected chi connectivity index (χ4v) is 4.03. The van der Waals surface area contributed by atoms with Crippen molar-refractivity contribution in [3.8, 4) is 0 Å². The molecule has 1 aromatic heterocycles. The van der Waals surface area contributed by atoms with Gasteiger partial charge >= 0.3 is 0 Å². The number of nitrogens with one attached hydrogen (secondary N) is 1. The van der Waals surface area contributed by atoms with Crippen LogP contribution in [0.5, 0.6) is 0 Å². The number of amides is 1. The van der Waals surface area contributed by atoms with Crippen LogP contribution < -0.4 is 10.9 Å². The molecule has 1 aromatic carbocycles. The molecular formula is C18H20ClN3O2S. The summed E-state index contributed by atoms with van der Waals surface area (Å²) in [6.45, 7) is 4.03. The van der Waals surface area contributed by atoms with Gasteiger partial charge in [-0.15, -0.1) is 6.58 Å². The molecule has 1 aliphatic carbocycles. The highest BCUT2D eigenvalue weighted by Gasteiger charge is 2.18. The molecule has 0 bridgehead atoms. The fourth-order valence-electron chi connectivity index (χ4n) is 3.04. The molecular weight excluding hydrogens is 358 g/mol. The second-order valence-corrected chi connectivity index (χ2v) is 7.48. The van der Waals surface area contributed by atoms with E-state index in [4.69, 9.17) is 11.6 Å². The average molecular weight is 378 g/mol. The number of allylic oxidation sites excluding steroid dienone is 1. The SMILES string of the molecule is C=CCn1c(SCC(=O)NC2CCCC2)nc2ccc(Cl)cc2c1=O. The van der Waals surface area contributed by atoms with E-state index in [1.807, 2.05) is 0 Å². The number of hydrogen-bond donors (Lipinski definition) is 1. The molecule has 1 amide bonds. The molecule has 5 nitrogen and oxygen atoms in total. The lowest BCUT2D eigenvalue weighted by Gasteiger charge is -2.13.